The van der Waals surface area contributed by atoms with Gasteiger partial charge >= 0.3 is 0 Å². The van der Waals surface area contributed by atoms with E-state index >= 15 is 0 Å². The number of hydrogen-bond donors (Lipinski definition) is 2. The van der Waals surface area contributed by atoms with Crippen molar-refractivity contribution in [2.24, 2.45) is 5.84 Å². The summed E-state index contributed by atoms with van der Waals surface area (Å²) in [4.78, 5) is 2.99. The second kappa shape index (κ2) is 7.45. The SMILES string of the molecule is NNC(CCCc1ccccc1)c1cc2c(s1)CCSC2. The maximum atomic E-state index is 5.79. The molecule has 2 nitrogen and oxygen atoms in total. The van der Waals surface area contributed by atoms with E-state index < -0.39 is 0 Å². The number of nitrogens with one attached hydrogen (secondary N) is 1. The molecule has 1 aromatic carbocycles. The first kappa shape index (κ1) is 15.1. The van der Waals surface area contributed by atoms with Crippen LogP contribution in [0.25, 0.3) is 0 Å². The third-order valence-corrected chi connectivity index (χ3v) is 6.35. The van der Waals surface area contributed by atoms with Gasteiger partial charge in [0.2, 0.25) is 0 Å². The zero-order valence-electron chi connectivity index (χ0n) is 12.2. The minimum atomic E-state index is 0.300. The van der Waals surface area contributed by atoms with E-state index in [4.69, 9.17) is 5.84 Å². The normalized spacial score (nSPS) is 15.7. The van der Waals surface area contributed by atoms with Crippen molar-refractivity contribution < 1.29 is 0 Å². The van der Waals surface area contributed by atoms with Gasteiger partial charge in [-0.25, -0.2) is 0 Å². The number of hydrazine groups is 1. The topological polar surface area (TPSA) is 38.0 Å². The average molecular weight is 319 g/mol. The lowest BCUT2D eigenvalue weighted by Crippen LogP contribution is -2.27. The van der Waals surface area contributed by atoms with E-state index in [1.807, 2.05) is 23.1 Å². The zero-order valence-corrected chi connectivity index (χ0v) is 13.8. The highest BCUT2D eigenvalue weighted by molar-refractivity contribution is 7.98. The maximum Gasteiger partial charge on any atom is 0.0553 e. The molecular weight excluding hydrogens is 296 g/mol. The van der Waals surface area contributed by atoms with Crippen molar-refractivity contribution in [1.29, 1.82) is 0 Å². The maximum absolute atomic E-state index is 5.79. The Hall–Kier alpha value is -0.810. The molecule has 0 amide bonds. The fraction of sp³-hybridized carbons (Fsp3) is 0.412. The highest BCUT2D eigenvalue weighted by Crippen LogP contribution is 2.35. The molecule has 1 aliphatic heterocycles. The molecule has 1 aromatic heterocycles. The van der Waals surface area contributed by atoms with Crippen LogP contribution >= 0.6 is 23.1 Å². The lowest BCUT2D eigenvalue weighted by atomic mass is 10.0. The lowest BCUT2D eigenvalue weighted by molar-refractivity contribution is 0.505. The number of fused-ring (bicyclic) bond motifs is 1. The van der Waals surface area contributed by atoms with Crippen molar-refractivity contribution in [1.82, 2.24) is 5.43 Å². The van der Waals surface area contributed by atoms with Gasteiger partial charge in [0.15, 0.2) is 0 Å². The van der Waals surface area contributed by atoms with Crippen molar-refractivity contribution >= 4 is 23.1 Å². The highest BCUT2D eigenvalue weighted by Gasteiger charge is 2.18. The first-order chi connectivity index (χ1) is 10.4. The standard InChI is InChI=1S/C17H22N2S2/c18-19-15(8-4-7-13-5-2-1-3-6-13)17-11-14-12-20-10-9-16(14)21-17/h1-3,5-6,11,15,19H,4,7-10,12,18H2. The molecule has 112 valence electrons. The molecule has 1 unspecified atom stereocenters. The van der Waals surface area contributed by atoms with Crippen molar-refractivity contribution in [2.75, 3.05) is 5.75 Å². The van der Waals surface area contributed by atoms with Gasteiger partial charge in [-0.05, 0) is 48.6 Å². The van der Waals surface area contributed by atoms with Crippen LogP contribution in [-0.2, 0) is 18.6 Å². The molecule has 0 spiro atoms. The van der Waals surface area contributed by atoms with Gasteiger partial charge in [0.1, 0.15) is 0 Å². The number of aryl methyl sites for hydroxylation is 2. The molecule has 2 aromatic rings. The lowest BCUT2D eigenvalue weighted by Gasteiger charge is -2.14. The second-order valence-electron chi connectivity index (χ2n) is 5.50. The average Bonchev–Trinajstić information content (AvgIpc) is 2.96. The van der Waals surface area contributed by atoms with Crippen LogP contribution < -0.4 is 11.3 Å². The van der Waals surface area contributed by atoms with E-state index in [-0.39, 0.29) is 0 Å². The van der Waals surface area contributed by atoms with E-state index in [0.29, 0.717) is 6.04 Å². The van der Waals surface area contributed by atoms with Gasteiger partial charge in [-0.3, -0.25) is 11.3 Å². The van der Waals surface area contributed by atoms with Gasteiger partial charge in [0.05, 0.1) is 6.04 Å². The fourth-order valence-electron chi connectivity index (χ4n) is 2.80. The van der Waals surface area contributed by atoms with Crippen molar-refractivity contribution in [3.8, 4) is 0 Å². The Balaban J connectivity index is 1.58. The molecule has 0 saturated carbocycles. The van der Waals surface area contributed by atoms with Crippen LogP contribution in [0.4, 0.5) is 0 Å². The van der Waals surface area contributed by atoms with Crippen LogP contribution in [0.2, 0.25) is 0 Å². The van der Waals surface area contributed by atoms with E-state index in [0.717, 1.165) is 19.3 Å². The highest BCUT2D eigenvalue weighted by atomic mass is 32.2. The summed E-state index contributed by atoms with van der Waals surface area (Å²) in [6, 6.07) is 13.4. The summed E-state index contributed by atoms with van der Waals surface area (Å²) >= 11 is 4.00. The van der Waals surface area contributed by atoms with Gasteiger partial charge in [-0.1, -0.05) is 30.3 Å². The van der Waals surface area contributed by atoms with Gasteiger partial charge in [0.25, 0.3) is 0 Å². The summed E-state index contributed by atoms with van der Waals surface area (Å²) < 4.78 is 0. The van der Waals surface area contributed by atoms with Crippen LogP contribution in [0.3, 0.4) is 0 Å². The number of rotatable bonds is 6. The quantitative estimate of drug-likeness (QED) is 0.623. The van der Waals surface area contributed by atoms with Gasteiger partial charge in [0, 0.05) is 15.5 Å². The molecule has 21 heavy (non-hydrogen) atoms. The Morgan fingerprint density at radius 1 is 1.24 bits per heavy atom. The van der Waals surface area contributed by atoms with Crippen molar-refractivity contribution in [3.05, 3.63) is 57.3 Å². The minimum absolute atomic E-state index is 0.300. The summed E-state index contributed by atoms with van der Waals surface area (Å²) in [6.07, 6.45) is 4.61. The Labute approximate surface area is 135 Å². The van der Waals surface area contributed by atoms with Crippen LogP contribution in [0.5, 0.6) is 0 Å². The van der Waals surface area contributed by atoms with Crippen LogP contribution in [0.15, 0.2) is 36.4 Å². The Bertz CT molecular complexity index is 542. The van der Waals surface area contributed by atoms with Gasteiger partial charge in [-0.2, -0.15) is 11.8 Å². The number of hydrogen-bond acceptors (Lipinski definition) is 4. The van der Waals surface area contributed by atoms with Crippen LogP contribution in [0, 0.1) is 0 Å². The molecule has 1 atom stereocenters. The van der Waals surface area contributed by atoms with E-state index in [9.17, 15) is 0 Å². The molecule has 4 heteroatoms. The molecule has 3 rings (SSSR count). The number of thioether (sulfide) groups is 1. The second-order valence-corrected chi connectivity index (χ2v) is 7.77. The number of nitrogens with two attached hydrogens (primary N) is 1. The zero-order chi connectivity index (χ0) is 14.5. The molecule has 0 radical (unpaired) electrons. The minimum Gasteiger partial charge on any atom is -0.271 e. The Morgan fingerprint density at radius 3 is 2.86 bits per heavy atom. The van der Waals surface area contributed by atoms with Crippen LogP contribution in [-0.4, -0.2) is 5.75 Å². The third kappa shape index (κ3) is 3.89. The molecule has 1 aliphatic rings. The Morgan fingerprint density at radius 2 is 2.10 bits per heavy atom. The molecule has 3 N–H and O–H groups in total. The monoisotopic (exact) mass is 318 g/mol. The summed E-state index contributed by atoms with van der Waals surface area (Å²) in [5.74, 6) is 8.23. The first-order valence-electron chi connectivity index (χ1n) is 7.56. The van der Waals surface area contributed by atoms with Crippen molar-refractivity contribution in [2.45, 2.75) is 37.5 Å². The third-order valence-electron chi connectivity index (χ3n) is 3.99. The van der Waals surface area contributed by atoms with E-state index in [2.05, 4.69) is 41.8 Å². The first-order valence-corrected chi connectivity index (χ1v) is 9.53. The fourth-order valence-corrected chi connectivity index (χ4v) is 5.28. The predicted octanol–water partition coefficient (Wildman–Crippen LogP) is 4.06. The largest absolute Gasteiger partial charge is 0.271 e. The molecular formula is C17H22N2S2. The Kier molecular flexibility index (Phi) is 5.36. The molecule has 0 bridgehead atoms. The summed E-state index contributed by atoms with van der Waals surface area (Å²) in [6.45, 7) is 0. The van der Waals surface area contributed by atoms with E-state index in [1.165, 1.54) is 33.9 Å². The summed E-state index contributed by atoms with van der Waals surface area (Å²) in [5, 5.41) is 0. The molecule has 2 heterocycles. The van der Waals surface area contributed by atoms with Gasteiger partial charge in [-0.15, -0.1) is 11.3 Å². The summed E-state index contributed by atoms with van der Waals surface area (Å²) in [5.41, 5.74) is 5.97. The smallest absolute Gasteiger partial charge is 0.0553 e. The molecule has 0 fully saturated rings. The number of benzene rings is 1. The van der Waals surface area contributed by atoms with E-state index in [1.54, 1.807) is 4.88 Å². The van der Waals surface area contributed by atoms with Crippen molar-refractivity contribution in [3.63, 3.8) is 0 Å². The van der Waals surface area contributed by atoms with Crippen LogP contribution in [0.1, 0.15) is 39.8 Å². The molecule has 0 saturated heterocycles. The van der Waals surface area contributed by atoms with Gasteiger partial charge < -0.3 is 0 Å². The molecule has 0 aliphatic carbocycles. The number of thiophene rings is 1. The summed E-state index contributed by atoms with van der Waals surface area (Å²) in [7, 11) is 0. The predicted molar refractivity (Wildman–Crippen MR) is 93.6 cm³/mol.